The van der Waals surface area contributed by atoms with E-state index in [1.54, 1.807) is 19.3 Å². The highest BCUT2D eigenvalue weighted by atomic mass is 16.5. The summed E-state index contributed by atoms with van der Waals surface area (Å²) in [6, 6.07) is 3.29. The van der Waals surface area contributed by atoms with Crippen molar-refractivity contribution in [3.05, 3.63) is 23.9 Å². The first-order chi connectivity index (χ1) is 14.7. The van der Waals surface area contributed by atoms with Crippen LogP contribution < -0.4 is 20.9 Å². The van der Waals surface area contributed by atoms with Gasteiger partial charge in [-0.25, -0.2) is 19.7 Å². The zero-order chi connectivity index (χ0) is 20.8. The molecule has 2 aromatic heterocycles. The molecule has 0 atom stereocenters. The molecule has 2 aliphatic rings. The van der Waals surface area contributed by atoms with E-state index >= 15 is 0 Å². The Bertz CT molecular complexity index is 869. The lowest BCUT2D eigenvalue weighted by Crippen LogP contribution is -2.37. The average molecular weight is 413 g/mol. The highest BCUT2D eigenvalue weighted by Gasteiger charge is 2.22. The highest BCUT2D eigenvalue weighted by Crippen LogP contribution is 2.30. The summed E-state index contributed by atoms with van der Waals surface area (Å²) in [5.74, 6) is 2.85. The molecule has 0 bridgehead atoms. The topological polar surface area (TPSA) is 114 Å². The maximum Gasteiger partial charge on any atom is 0.320 e. The molecule has 0 spiro atoms. The molecule has 1 fully saturated rings. The number of hydrogen-bond donors (Lipinski definition) is 3. The van der Waals surface area contributed by atoms with Crippen molar-refractivity contribution in [1.29, 1.82) is 0 Å². The van der Waals surface area contributed by atoms with Gasteiger partial charge >= 0.3 is 6.03 Å². The molecule has 4 rings (SSSR count). The maximum absolute atomic E-state index is 11.5. The van der Waals surface area contributed by atoms with Crippen LogP contribution in [-0.4, -0.2) is 74.1 Å². The van der Waals surface area contributed by atoms with Gasteiger partial charge in [0.25, 0.3) is 0 Å². The number of nitrogens with zero attached hydrogens (tertiary/aromatic N) is 4. The van der Waals surface area contributed by atoms with E-state index in [1.807, 2.05) is 6.07 Å². The molecule has 30 heavy (non-hydrogen) atoms. The van der Waals surface area contributed by atoms with Gasteiger partial charge in [0.05, 0.1) is 19.8 Å². The summed E-state index contributed by atoms with van der Waals surface area (Å²) in [6.07, 6.45) is 3.45. The molecule has 2 aliphatic heterocycles. The Kier molecular flexibility index (Phi) is 6.55. The van der Waals surface area contributed by atoms with Gasteiger partial charge in [-0.2, -0.15) is 0 Å². The molecule has 0 saturated carbocycles. The first kappa shape index (κ1) is 20.3. The zero-order valence-electron chi connectivity index (χ0n) is 17.1. The molecule has 160 valence electrons. The normalized spacial score (nSPS) is 17.0. The molecule has 0 unspecified atom stereocenters. The third kappa shape index (κ3) is 4.77. The summed E-state index contributed by atoms with van der Waals surface area (Å²) >= 11 is 0. The van der Waals surface area contributed by atoms with Crippen LogP contribution >= 0.6 is 0 Å². The number of anilines is 3. The lowest BCUT2D eigenvalue weighted by molar-refractivity contribution is 0.122. The van der Waals surface area contributed by atoms with Crippen molar-refractivity contribution in [2.75, 3.05) is 68.6 Å². The number of aromatic nitrogens is 3. The lowest BCUT2D eigenvalue weighted by atomic mass is 10.1. The summed E-state index contributed by atoms with van der Waals surface area (Å²) in [7, 11) is 1.56. The Hall–Kier alpha value is -2.98. The van der Waals surface area contributed by atoms with Crippen LogP contribution in [-0.2, 0) is 15.9 Å². The summed E-state index contributed by atoms with van der Waals surface area (Å²) in [6.45, 7) is 5.04. The molecule has 10 heteroatoms. The van der Waals surface area contributed by atoms with Crippen LogP contribution in [0.2, 0.25) is 0 Å². The van der Waals surface area contributed by atoms with Crippen LogP contribution in [0.5, 0.6) is 0 Å². The molecule has 1 saturated heterocycles. The minimum absolute atomic E-state index is 0.315. The first-order valence-corrected chi connectivity index (χ1v) is 10.2. The number of carbonyl (C=O) groups excluding carboxylic acids is 1. The minimum atomic E-state index is -0.315. The second kappa shape index (κ2) is 9.68. The van der Waals surface area contributed by atoms with Crippen LogP contribution in [0.25, 0.3) is 11.4 Å². The second-order valence-corrected chi connectivity index (χ2v) is 7.08. The second-order valence-electron chi connectivity index (χ2n) is 7.08. The average Bonchev–Trinajstić information content (AvgIpc) is 2.91. The van der Waals surface area contributed by atoms with E-state index in [2.05, 4.69) is 25.8 Å². The van der Waals surface area contributed by atoms with Gasteiger partial charge in [-0.1, -0.05) is 0 Å². The molecule has 4 heterocycles. The van der Waals surface area contributed by atoms with E-state index in [0.29, 0.717) is 38.0 Å². The van der Waals surface area contributed by atoms with Gasteiger partial charge < -0.3 is 25.0 Å². The summed E-state index contributed by atoms with van der Waals surface area (Å²) < 4.78 is 11.2. The van der Waals surface area contributed by atoms with Crippen LogP contribution in [0.3, 0.4) is 0 Å². The predicted molar refractivity (Wildman–Crippen MR) is 114 cm³/mol. The Balaban J connectivity index is 1.69. The van der Waals surface area contributed by atoms with E-state index in [1.165, 1.54) is 0 Å². The fraction of sp³-hybridized carbons (Fsp3) is 0.500. The minimum Gasteiger partial charge on any atom is -0.380 e. The molecule has 0 aromatic carbocycles. The molecule has 0 aliphatic carbocycles. The number of ether oxygens (including phenoxy) is 2. The Morgan fingerprint density at radius 1 is 1.13 bits per heavy atom. The van der Waals surface area contributed by atoms with Gasteiger partial charge in [-0.15, -0.1) is 0 Å². The first-order valence-electron chi connectivity index (χ1n) is 10.2. The lowest BCUT2D eigenvalue weighted by Gasteiger charge is -2.30. The number of amides is 2. The number of urea groups is 1. The molecule has 10 nitrogen and oxygen atoms in total. The summed E-state index contributed by atoms with van der Waals surface area (Å²) in [5, 5.41) is 8.58. The zero-order valence-corrected chi connectivity index (χ0v) is 17.1. The number of morpholine rings is 1. The van der Waals surface area contributed by atoms with E-state index in [-0.39, 0.29) is 6.03 Å². The third-order valence-electron chi connectivity index (χ3n) is 5.04. The van der Waals surface area contributed by atoms with Crippen LogP contribution in [0.1, 0.15) is 12.0 Å². The van der Waals surface area contributed by atoms with Gasteiger partial charge in [0.1, 0.15) is 17.5 Å². The van der Waals surface area contributed by atoms with Crippen molar-refractivity contribution < 1.29 is 14.3 Å². The largest absolute Gasteiger partial charge is 0.380 e. The van der Waals surface area contributed by atoms with Gasteiger partial charge in [0.15, 0.2) is 5.82 Å². The fourth-order valence-corrected chi connectivity index (χ4v) is 3.49. The number of pyridine rings is 1. The van der Waals surface area contributed by atoms with Gasteiger partial charge in [0.2, 0.25) is 0 Å². The molecule has 0 radical (unpaired) electrons. The summed E-state index contributed by atoms with van der Waals surface area (Å²) in [4.78, 5) is 27.8. The van der Waals surface area contributed by atoms with Crippen molar-refractivity contribution in [3.8, 4) is 11.4 Å². The Labute approximate surface area is 175 Å². The number of rotatable bonds is 3. The van der Waals surface area contributed by atoms with Gasteiger partial charge in [-0.05, 0) is 25.0 Å². The number of fused-ring (bicyclic) bond motifs is 1. The summed E-state index contributed by atoms with van der Waals surface area (Å²) in [5.41, 5.74) is 1.91. The highest BCUT2D eigenvalue weighted by molar-refractivity contribution is 5.88. The van der Waals surface area contributed by atoms with E-state index in [4.69, 9.17) is 19.4 Å². The van der Waals surface area contributed by atoms with Crippen molar-refractivity contribution in [2.24, 2.45) is 0 Å². The SMILES string of the molecule is CNC(=O)Nc1ccc(-c2nc3c(c(N4CCOCC4)n2)CCCOCCN3)cn1. The standard InChI is InChI=1S/C20H27N7O3/c1-21-20(28)24-16-5-4-14(13-23-16)17-25-18-15(3-2-9-29-10-6-22-18)19(26-17)27-7-11-30-12-8-27/h4-5,13H,2-3,6-12H2,1H3,(H,22,25,26)(H2,21,23,24,28). The molecular formula is C20H27N7O3. The quantitative estimate of drug-likeness (QED) is 0.694. The molecule has 2 amide bonds. The molecule has 2 aromatic rings. The van der Waals surface area contributed by atoms with E-state index in [0.717, 1.165) is 55.3 Å². The van der Waals surface area contributed by atoms with E-state index in [9.17, 15) is 4.79 Å². The molecule has 3 N–H and O–H groups in total. The van der Waals surface area contributed by atoms with Crippen molar-refractivity contribution in [3.63, 3.8) is 0 Å². The van der Waals surface area contributed by atoms with Gasteiger partial charge in [0, 0.05) is 50.6 Å². The van der Waals surface area contributed by atoms with Gasteiger partial charge in [-0.3, -0.25) is 5.32 Å². The van der Waals surface area contributed by atoms with Crippen LogP contribution in [0.15, 0.2) is 18.3 Å². The van der Waals surface area contributed by atoms with Crippen molar-refractivity contribution in [2.45, 2.75) is 12.8 Å². The van der Waals surface area contributed by atoms with Crippen LogP contribution in [0, 0.1) is 0 Å². The van der Waals surface area contributed by atoms with Crippen LogP contribution in [0.4, 0.5) is 22.2 Å². The smallest absolute Gasteiger partial charge is 0.320 e. The number of hydrogen-bond acceptors (Lipinski definition) is 8. The molecular weight excluding hydrogens is 386 g/mol. The third-order valence-corrected chi connectivity index (χ3v) is 5.04. The van der Waals surface area contributed by atoms with Crippen molar-refractivity contribution >= 4 is 23.5 Å². The number of nitrogens with one attached hydrogen (secondary N) is 3. The fourth-order valence-electron chi connectivity index (χ4n) is 3.49. The monoisotopic (exact) mass is 413 g/mol. The maximum atomic E-state index is 11.5. The Morgan fingerprint density at radius 3 is 2.73 bits per heavy atom. The predicted octanol–water partition coefficient (Wildman–Crippen LogP) is 1.50. The van der Waals surface area contributed by atoms with Crippen molar-refractivity contribution in [1.82, 2.24) is 20.3 Å². The number of carbonyl (C=O) groups is 1. The Morgan fingerprint density at radius 2 is 1.97 bits per heavy atom. The van der Waals surface area contributed by atoms with E-state index < -0.39 is 0 Å².